The maximum absolute atomic E-state index is 6.10. The van der Waals surface area contributed by atoms with E-state index in [0.29, 0.717) is 6.04 Å². The molecule has 2 heterocycles. The van der Waals surface area contributed by atoms with Crippen LogP contribution in [-0.2, 0) is 17.8 Å². The Morgan fingerprint density at radius 1 is 0.938 bits per heavy atom. The van der Waals surface area contributed by atoms with Gasteiger partial charge >= 0.3 is 0 Å². The van der Waals surface area contributed by atoms with E-state index in [1.807, 2.05) is 6.07 Å². The lowest BCUT2D eigenvalue weighted by Gasteiger charge is -2.44. The molecule has 32 heavy (non-hydrogen) atoms. The average molecular weight is 439 g/mol. The highest BCUT2D eigenvalue weighted by atomic mass is 16.5. The first-order chi connectivity index (χ1) is 15.7. The lowest BCUT2D eigenvalue weighted by molar-refractivity contribution is 0.0793. The van der Waals surface area contributed by atoms with Crippen LogP contribution < -0.4 is 19.1 Å². The van der Waals surface area contributed by atoms with Crippen LogP contribution in [0.5, 0.6) is 17.2 Å². The fraction of sp³-hybridized carbons (Fsp3) is 0.538. The van der Waals surface area contributed by atoms with Gasteiger partial charge in [0.1, 0.15) is 5.75 Å². The number of fused-ring (bicyclic) bond motifs is 1. The van der Waals surface area contributed by atoms with Crippen molar-refractivity contribution >= 4 is 5.69 Å². The maximum Gasteiger partial charge on any atom is 0.161 e. The number of ether oxygens (including phenoxy) is 4. The van der Waals surface area contributed by atoms with Crippen LogP contribution >= 0.6 is 0 Å². The Morgan fingerprint density at radius 3 is 2.50 bits per heavy atom. The molecule has 0 N–H and O–H groups in total. The second kappa shape index (κ2) is 9.59. The lowest BCUT2D eigenvalue weighted by Crippen LogP contribution is -2.49. The zero-order valence-electron chi connectivity index (χ0n) is 19.2. The summed E-state index contributed by atoms with van der Waals surface area (Å²) in [5.74, 6) is 3.29. The average Bonchev–Trinajstić information content (AvgIpc) is 3.67. The standard InChI is InChI=1S/C26H34N2O4/c1-29-25-8-5-20(13-26(25)30-2)15-27-16-21-14-23(32-17-19-3-4-19)6-7-24(21)28(18-27)22-9-11-31-12-10-22/h5-8,13-14,19,22H,3-4,9-12,15-18H2,1-2H3. The van der Waals surface area contributed by atoms with Crippen molar-refractivity contribution in [3.63, 3.8) is 0 Å². The molecule has 0 radical (unpaired) electrons. The van der Waals surface area contributed by atoms with Gasteiger partial charge in [-0.05, 0) is 73.1 Å². The zero-order chi connectivity index (χ0) is 21.9. The van der Waals surface area contributed by atoms with Gasteiger partial charge in [0.05, 0.1) is 27.5 Å². The van der Waals surface area contributed by atoms with Crippen LogP contribution in [-0.4, -0.2) is 51.7 Å². The molecular weight excluding hydrogens is 404 g/mol. The van der Waals surface area contributed by atoms with Gasteiger partial charge in [-0.15, -0.1) is 0 Å². The number of hydrogen-bond acceptors (Lipinski definition) is 6. The Hall–Kier alpha value is -2.44. The Kier molecular flexibility index (Phi) is 6.42. The van der Waals surface area contributed by atoms with E-state index in [1.165, 1.54) is 29.7 Å². The van der Waals surface area contributed by atoms with Crippen LogP contribution in [0.25, 0.3) is 0 Å². The molecule has 5 rings (SSSR count). The van der Waals surface area contributed by atoms with Gasteiger partial charge < -0.3 is 23.8 Å². The molecule has 3 aliphatic rings. The molecule has 0 aromatic heterocycles. The molecule has 0 spiro atoms. The molecule has 172 valence electrons. The largest absolute Gasteiger partial charge is 0.493 e. The first kappa shape index (κ1) is 21.4. The topological polar surface area (TPSA) is 43.4 Å². The van der Waals surface area contributed by atoms with Crippen molar-refractivity contribution in [3.8, 4) is 17.2 Å². The molecule has 2 aromatic rings. The van der Waals surface area contributed by atoms with Crippen molar-refractivity contribution in [1.82, 2.24) is 4.90 Å². The van der Waals surface area contributed by atoms with Crippen molar-refractivity contribution in [1.29, 1.82) is 0 Å². The van der Waals surface area contributed by atoms with Gasteiger partial charge in [-0.3, -0.25) is 4.90 Å². The molecule has 6 heteroatoms. The summed E-state index contributed by atoms with van der Waals surface area (Å²) in [6.45, 7) is 5.20. The second-order valence-corrected chi connectivity index (χ2v) is 9.18. The summed E-state index contributed by atoms with van der Waals surface area (Å²) in [7, 11) is 3.36. The third-order valence-corrected chi connectivity index (χ3v) is 6.78. The predicted octanol–water partition coefficient (Wildman–Crippen LogP) is 4.45. The minimum absolute atomic E-state index is 0.508. The Bertz CT molecular complexity index is 924. The SMILES string of the molecule is COc1ccc(CN2Cc3cc(OCC4CC4)ccc3N(C3CCOCC3)C2)cc1OC. The minimum atomic E-state index is 0.508. The summed E-state index contributed by atoms with van der Waals surface area (Å²) in [5, 5.41) is 0. The molecule has 6 nitrogen and oxygen atoms in total. The van der Waals surface area contributed by atoms with Gasteiger partial charge in [-0.1, -0.05) is 6.07 Å². The summed E-state index contributed by atoms with van der Waals surface area (Å²) < 4.78 is 22.7. The Labute approximate surface area is 191 Å². The van der Waals surface area contributed by atoms with E-state index >= 15 is 0 Å². The molecule has 0 amide bonds. The minimum Gasteiger partial charge on any atom is -0.493 e. The van der Waals surface area contributed by atoms with E-state index in [1.54, 1.807) is 14.2 Å². The first-order valence-electron chi connectivity index (χ1n) is 11.8. The number of anilines is 1. The highest BCUT2D eigenvalue weighted by molar-refractivity contribution is 5.58. The third kappa shape index (κ3) is 4.81. The van der Waals surface area contributed by atoms with Crippen molar-refractivity contribution in [2.24, 2.45) is 5.92 Å². The van der Waals surface area contributed by atoms with E-state index in [-0.39, 0.29) is 0 Å². The molecule has 2 aromatic carbocycles. The highest BCUT2D eigenvalue weighted by Crippen LogP contribution is 2.36. The Balaban J connectivity index is 1.38. The number of benzene rings is 2. The van der Waals surface area contributed by atoms with E-state index in [9.17, 15) is 0 Å². The summed E-state index contributed by atoms with van der Waals surface area (Å²) in [6.07, 6.45) is 4.76. The lowest BCUT2D eigenvalue weighted by atomic mass is 10.0. The van der Waals surface area contributed by atoms with E-state index in [0.717, 1.165) is 75.6 Å². The van der Waals surface area contributed by atoms with Crippen LogP contribution in [0.15, 0.2) is 36.4 Å². The summed E-state index contributed by atoms with van der Waals surface area (Å²) in [5.41, 5.74) is 3.91. The van der Waals surface area contributed by atoms with Gasteiger partial charge in [0.25, 0.3) is 0 Å². The number of nitrogens with zero attached hydrogens (tertiary/aromatic N) is 2. The third-order valence-electron chi connectivity index (χ3n) is 6.78. The normalized spacial score (nSPS) is 19.5. The molecule has 1 saturated heterocycles. The molecule has 0 atom stereocenters. The molecule has 1 saturated carbocycles. The smallest absolute Gasteiger partial charge is 0.161 e. The summed E-state index contributed by atoms with van der Waals surface area (Å²) >= 11 is 0. The number of rotatable bonds is 8. The van der Waals surface area contributed by atoms with E-state index < -0.39 is 0 Å². The van der Waals surface area contributed by atoms with E-state index in [4.69, 9.17) is 18.9 Å². The predicted molar refractivity (Wildman–Crippen MR) is 125 cm³/mol. The maximum atomic E-state index is 6.10. The van der Waals surface area contributed by atoms with Crippen LogP contribution in [0.1, 0.15) is 36.8 Å². The van der Waals surface area contributed by atoms with Gasteiger partial charge in [0.2, 0.25) is 0 Å². The van der Waals surface area contributed by atoms with Crippen molar-refractivity contribution in [2.45, 2.75) is 44.8 Å². The monoisotopic (exact) mass is 438 g/mol. The summed E-state index contributed by atoms with van der Waals surface area (Å²) in [4.78, 5) is 5.08. The molecule has 0 unspecified atom stereocenters. The summed E-state index contributed by atoms with van der Waals surface area (Å²) in [6, 6.07) is 13.4. The molecule has 1 aliphatic carbocycles. The molecule has 0 bridgehead atoms. The fourth-order valence-corrected chi connectivity index (χ4v) is 4.79. The van der Waals surface area contributed by atoms with E-state index in [2.05, 4.69) is 40.1 Å². The highest BCUT2D eigenvalue weighted by Gasteiger charge is 2.30. The van der Waals surface area contributed by atoms with Gasteiger partial charge in [0.15, 0.2) is 11.5 Å². The van der Waals surface area contributed by atoms with Crippen LogP contribution in [0, 0.1) is 5.92 Å². The molecular formula is C26H34N2O4. The van der Waals surface area contributed by atoms with Gasteiger partial charge in [-0.25, -0.2) is 0 Å². The first-order valence-corrected chi connectivity index (χ1v) is 11.8. The van der Waals surface area contributed by atoms with Crippen LogP contribution in [0.4, 0.5) is 5.69 Å². The number of hydrogen-bond donors (Lipinski definition) is 0. The molecule has 2 fully saturated rings. The van der Waals surface area contributed by atoms with Crippen LogP contribution in [0.3, 0.4) is 0 Å². The number of methoxy groups -OCH3 is 2. The zero-order valence-corrected chi connectivity index (χ0v) is 19.2. The van der Waals surface area contributed by atoms with Crippen molar-refractivity contribution in [3.05, 3.63) is 47.5 Å². The quantitative estimate of drug-likeness (QED) is 0.607. The van der Waals surface area contributed by atoms with Gasteiger partial charge in [0, 0.05) is 38.0 Å². The van der Waals surface area contributed by atoms with Crippen LogP contribution in [0.2, 0.25) is 0 Å². The molecule has 2 aliphatic heterocycles. The second-order valence-electron chi connectivity index (χ2n) is 9.18. The fourth-order valence-electron chi connectivity index (χ4n) is 4.79. The van der Waals surface area contributed by atoms with Crippen molar-refractivity contribution < 1.29 is 18.9 Å². The van der Waals surface area contributed by atoms with Gasteiger partial charge in [-0.2, -0.15) is 0 Å². The van der Waals surface area contributed by atoms with Crippen molar-refractivity contribution in [2.75, 3.05) is 45.6 Å². The Morgan fingerprint density at radius 2 is 1.75 bits per heavy atom.